The molecule has 4 heteroatoms. The molecule has 0 aliphatic rings. The Hall–Kier alpha value is -1.74. The third-order valence-corrected chi connectivity index (χ3v) is 2.54. The summed E-state index contributed by atoms with van der Waals surface area (Å²) in [5, 5.41) is 0.546. The van der Waals surface area contributed by atoms with Crippen molar-refractivity contribution in [3.63, 3.8) is 0 Å². The number of methoxy groups -OCH3 is 1. The van der Waals surface area contributed by atoms with E-state index in [1.165, 1.54) is 6.07 Å². The number of nitrogens with one attached hydrogen (secondary N) is 1. The predicted molar refractivity (Wildman–Crippen MR) is 64.1 cm³/mol. The summed E-state index contributed by atoms with van der Waals surface area (Å²) < 4.78 is 5.11. The molecule has 16 heavy (non-hydrogen) atoms. The fraction of sp³-hybridized carbons (Fsp3) is 0.0833. The van der Waals surface area contributed by atoms with Crippen LogP contribution in [0.15, 0.2) is 41.2 Å². The van der Waals surface area contributed by atoms with E-state index in [9.17, 15) is 4.79 Å². The number of benzene rings is 1. The van der Waals surface area contributed by atoms with Gasteiger partial charge in [0, 0.05) is 17.3 Å². The van der Waals surface area contributed by atoms with E-state index in [0.29, 0.717) is 10.8 Å². The van der Waals surface area contributed by atoms with Gasteiger partial charge in [-0.25, -0.2) is 0 Å². The Morgan fingerprint density at radius 3 is 2.75 bits per heavy atom. The SMILES string of the molecule is COc1cc(-c2cccc(=O)[nH]2)ccc1Cl. The van der Waals surface area contributed by atoms with Crippen molar-refractivity contribution in [1.29, 1.82) is 0 Å². The van der Waals surface area contributed by atoms with Crippen LogP contribution in [0, 0.1) is 0 Å². The molecule has 0 aliphatic heterocycles. The van der Waals surface area contributed by atoms with E-state index in [1.54, 1.807) is 25.3 Å². The number of rotatable bonds is 2. The van der Waals surface area contributed by atoms with Crippen LogP contribution in [0.25, 0.3) is 11.3 Å². The van der Waals surface area contributed by atoms with Crippen molar-refractivity contribution < 1.29 is 4.74 Å². The number of aromatic amines is 1. The largest absolute Gasteiger partial charge is 0.495 e. The van der Waals surface area contributed by atoms with E-state index >= 15 is 0 Å². The molecule has 0 atom stereocenters. The number of aromatic nitrogens is 1. The minimum atomic E-state index is -0.133. The van der Waals surface area contributed by atoms with Gasteiger partial charge in [-0.2, -0.15) is 0 Å². The van der Waals surface area contributed by atoms with Crippen molar-refractivity contribution in [3.8, 4) is 17.0 Å². The van der Waals surface area contributed by atoms with E-state index in [0.717, 1.165) is 11.3 Å². The zero-order valence-electron chi connectivity index (χ0n) is 8.66. The molecule has 2 rings (SSSR count). The molecule has 0 amide bonds. The van der Waals surface area contributed by atoms with Crippen LogP contribution in [0.4, 0.5) is 0 Å². The van der Waals surface area contributed by atoms with Crippen LogP contribution in [0.3, 0.4) is 0 Å². The average molecular weight is 236 g/mol. The number of ether oxygens (including phenoxy) is 1. The van der Waals surface area contributed by atoms with Crippen LogP contribution in [-0.4, -0.2) is 12.1 Å². The monoisotopic (exact) mass is 235 g/mol. The third-order valence-electron chi connectivity index (χ3n) is 2.23. The predicted octanol–water partition coefficient (Wildman–Crippen LogP) is 2.70. The summed E-state index contributed by atoms with van der Waals surface area (Å²) in [6, 6.07) is 10.3. The summed E-state index contributed by atoms with van der Waals surface area (Å²) in [7, 11) is 1.55. The quantitative estimate of drug-likeness (QED) is 0.870. The highest BCUT2D eigenvalue weighted by molar-refractivity contribution is 6.32. The summed E-state index contributed by atoms with van der Waals surface area (Å²) in [6.45, 7) is 0. The second kappa shape index (κ2) is 4.41. The Morgan fingerprint density at radius 2 is 2.06 bits per heavy atom. The molecule has 0 saturated heterocycles. The van der Waals surface area contributed by atoms with Crippen molar-refractivity contribution in [2.24, 2.45) is 0 Å². The van der Waals surface area contributed by atoms with Crippen molar-refractivity contribution in [2.45, 2.75) is 0 Å². The minimum Gasteiger partial charge on any atom is -0.495 e. The molecule has 0 saturated carbocycles. The van der Waals surface area contributed by atoms with Gasteiger partial charge in [0.15, 0.2) is 0 Å². The van der Waals surface area contributed by atoms with E-state index in [2.05, 4.69) is 4.98 Å². The molecule has 0 bridgehead atoms. The maximum Gasteiger partial charge on any atom is 0.248 e. The Labute approximate surface area is 97.7 Å². The second-order valence-electron chi connectivity index (χ2n) is 3.28. The van der Waals surface area contributed by atoms with Crippen molar-refractivity contribution in [2.75, 3.05) is 7.11 Å². The van der Waals surface area contributed by atoms with Crippen LogP contribution >= 0.6 is 11.6 Å². The van der Waals surface area contributed by atoms with Crippen LogP contribution in [0.2, 0.25) is 5.02 Å². The summed E-state index contributed by atoms with van der Waals surface area (Å²) in [6.07, 6.45) is 0. The number of hydrogen-bond acceptors (Lipinski definition) is 2. The van der Waals surface area contributed by atoms with Gasteiger partial charge in [-0.3, -0.25) is 4.79 Å². The molecule has 1 aromatic heterocycles. The fourth-order valence-electron chi connectivity index (χ4n) is 1.44. The summed E-state index contributed by atoms with van der Waals surface area (Å²) in [5.74, 6) is 0.587. The normalized spacial score (nSPS) is 10.1. The Morgan fingerprint density at radius 1 is 1.25 bits per heavy atom. The molecule has 1 heterocycles. The Balaban J connectivity index is 2.52. The maximum atomic E-state index is 11.2. The van der Waals surface area contributed by atoms with Gasteiger partial charge in [-0.05, 0) is 18.2 Å². The highest BCUT2D eigenvalue weighted by atomic mass is 35.5. The number of hydrogen-bond donors (Lipinski definition) is 1. The number of halogens is 1. The van der Waals surface area contributed by atoms with Gasteiger partial charge in [0.1, 0.15) is 5.75 Å². The summed E-state index contributed by atoms with van der Waals surface area (Å²) >= 11 is 5.92. The Bertz CT molecular complexity index is 563. The van der Waals surface area contributed by atoms with Gasteiger partial charge < -0.3 is 9.72 Å². The molecule has 0 spiro atoms. The maximum absolute atomic E-state index is 11.2. The van der Waals surface area contributed by atoms with Gasteiger partial charge in [-0.1, -0.05) is 23.7 Å². The molecule has 82 valence electrons. The van der Waals surface area contributed by atoms with Crippen LogP contribution in [0.1, 0.15) is 0 Å². The lowest BCUT2D eigenvalue weighted by atomic mass is 10.1. The first kappa shape index (κ1) is 10.8. The average Bonchev–Trinajstić information content (AvgIpc) is 2.29. The van der Waals surface area contributed by atoms with Crippen LogP contribution in [0.5, 0.6) is 5.75 Å². The molecular formula is C12H10ClNO2. The second-order valence-corrected chi connectivity index (χ2v) is 3.69. The van der Waals surface area contributed by atoms with Gasteiger partial charge in [0.05, 0.1) is 12.1 Å². The molecule has 2 aromatic rings. The van der Waals surface area contributed by atoms with Crippen LogP contribution < -0.4 is 10.3 Å². The lowest BCUT2D eigenvalue weighted by Crippen LogP contribution is -2.03. The minimum absolute atomic E-state index is 0.133. The zero-order valence-corrected chi connectivity index (χ0v) is 9.41. The number of H-pyrrole nitrogens is 1. The van der Waals surface area contributed by atoms with Crippen molar-refractivity contribution >= 4 is 11.6 Å². The highest BCUT2D eigenvalue weighted by Crippen LogP contribution is 2.28. The molecule has 1 N–H and O–H groups in total. The fourth-order valence-corrected chi connectivity index (χ4v) is 1.64. The standard InChI is InChI=1S/C12H10ClNO2/c1-16-11-7-8(5-6-9(11)13)10-3-2-4-12(15)14-10/h2-7H,1H3,(H,14,15). The van der Waals surface area contributed by atoms with Crippen LogP contribution in [-0.2, 0) is 0 Å². The summed E-state index contributed by atoms with van der Waals surface area (Å²) in [4.78, 5) is 13.9. The first-order chi connectivity index (χ1) is 7.70. The van der Waals surface area contributed by atoms with Crippen molar-refractivity contribution in [1.82, 2.24) is 4.98 Å². The summed E-state index contributed by atoms with van der Waals surface area (Å²) in [5.41, 5.74) is 1.47. The first-order valence-electron chi connectivity index (χ1n) is 4.74. The van der Waals surface area contributed by atoms with E-state index in [4.69, 9.17) is 16.3 Å². The molecule has 0 radical (unpaired) electrons. The van der Waals surface area contributed by atoms with E-state index in [-0.39, 0.29) is 5.56 Å². The molecule has 0 aliphatic carbocycles. The first-order valence-corrected chi connectivity index (χ1v) is 5.12. The third kappa shape index (κ3) is 2.09. The Kier molecular flexibility index (Phi) is 2.97. The van der Waals surface area contributed by atoms with Gasteiger partial charge in [0.25, 0.3) is 0 Å². The lowest BCUT2D eigenvalue weighted by Gasteiger charge is -2.06. The van der Waals surface area contributed by atoms with E-state index < -0.39 is 0 Å². The highest BCUT2D eigenvalue weighted by Gasteiger charge is 2.04. The molecule has 0 unspecified atom stereocenters. The van der Waals surface area contributed by atoms with Gasteiger partial charge >= 0.3 is 0 Å². The zero-order chi connectivity index (χ0) is 11.5. The molecule has 1 aromatic carbocycles. The lowest BCUT2D eigenvalue weighted by molar-refractivity contribution is 0.415. The van der Waals surface area contributed by atoms with E-state index in [1.807, 2.05) is 12.1 Å². The van der Waals surface area contributed by atoms with Gasteiger partial charge in [-0.15, -0.1) is 0 Å². The number of pyridine rings is 1. The molecular weight excluding hydrogens is 226 g/mol. The molecule has 3 nitrogen and oxygen atoms in total. The van der Waals surface area contributed by atoms with Gasteiger partial charge in [0.2, 0.25) is 5.56 Å². The smallest absolute Gasteiger partial charge is 0.248 e. The topological polar surface area (TPSA) is 42.1 Å². The van der Waals surface area contributed by atoms with Crippen molar-refractivity contribution in [3.05, 3.63) is 51.8 Å². The molecule has 0 fully saturated rings.